The molecule has 0 unspecified atom stereocenters. The Kier molecular flexibility index (Phi) is 3.18. The molecule has 1 aromatic heterocycles. The highest BCUT2D eigenvalue weighted by molar-refractivity contribution is 7.13. The predicted octanol–water partition coefficient (Wildman–Crippen LogP) is 2.94. The Labute approximate surface area is 98.4 Å². The van der Waals surface area contributed by atoms with E-state index in [1.165, 1.54) is 0 Å². The smallest absolute Gasteiger partial charge is 0.183 e. The lowest BCUT2D eigenvalue weighted by atomic mass is 10.1. The first-order valence-corrected chi connectivity index (χ1v) is 5.81. The van der Waals surface area contributed by atoms with Crippen molar-refractivity contribution in [2.45, 2.75) is 13.5 Å². The standard InChI is InChI=1S/C12H11N3S/c1-9-8-16-12(15-9)14-7-11-4-2-3-10(5-11)6-13/h2-5,8H,7H2,1H3,(H,14,15). The van der Waals surface area contributed by atoms with Crippen LogP contribution in [0.2, 0.25) is 0 Å². The fourth-order valence-corrected chi connectivity index (χ4v) is 2.05. The molecule has 2 rings (SSSR count). The summed E-state index contributed by atoms with van der Waals surface area (Å²) in [5.41, 5.74) is 2.81. The Hall–Kier alpha value is -1.86. The number of nitriles is 1. The zero-order valence-corrected chi connectivity index (χ0v) is 9.71. The molecule has 0 saturated carbocycles. The third-order valence-corrected chi connectivity index (χ3v) is 3.04. The number of aryl methyl sites for hydroxylation is 1. The van der Waals surface area contributed by atoms with Crippen LogP contribution >= 0.6 is 11.3 Å². The fourth-order valence-electron chi connectivity index (χ4n) is 1.36. The lowest BCUT2D eigenvalue weighted by Crippen LogP contribution is -1.99. The Bertz CT molecular complexity index is 525. The zero-order valence-electron chi connectivity index (χ0n) is 8.90. The first-order chi connectivity index (χ1) is 7.78. The summed E-state index contributed by atoms with van der Waals surface area (Å²) in [6.07, 6.45) is 0. The molecule has 0 saturated heterocycles. The second-order valence-corrected chi connectivity index (χ2v) is 4.32. The molecule has 0 bridgehead atoms. The van der Waals surface area contributed by atoms with Gasteiger partial charge in [-0.3, -0.25) is 0 Å². The maximum absolute atomic E-state index is 8.77. The molecular weight excluding hydrogens is 218 g/mol. The minimum atomic E-state index is 0.689. The molecule has 1 N–H and O–H groups in total. The molecule has 1 heterocycles. The normalized spacial score (nSPS) is 9.75. The van der Waals surface area contributed by atoms with Crippen molar-refractivity contribution in [2.24, 2.45) is 0 Å². The lowest BCUT2D eigenvalue weighted by molar-refractivity contribution is 1.12. The maximum atomic E-state index is 8.77. The van der Waals surface area contributed by atoms with Crippen LogP contribution in [0.3, 0.4) is 0 Å². The summed E-state index contributed by atoms with van der Waals surface area (Å²) in [5, 5.41) is 14.9. The van der Waals surface area contributed by atoms with Crippen LogP contribution in [0.25, 0.3) is 0 Å². The molecule has 0 spiro atoms. The number of aromatic nitrogens is 1. The van der Waals surface area contributed by atoms with E-state index >= 15 is 0 Å². The minimum Gasteiger partial charge on any atom is -0.357 e. The van der Waals surface area contributed by atoms with Crippen LogP contribution in [0.5, 0.6) is 0 Å². The number of thiazole rings is 1. The quantitative estimate of drug-likeness (QED) is 0.880. The van der Waals surface area contributed by atoms with E-state index in [2.05, 4.69) is 16.4 Å². The molecule has 0 aliphatic heterocycles. The Morgan fingerprint density at radius 3 is 3.06 bits per heavy atom. The van der Waals surface area contributed by atoms with Crippen LogP contribution in [0, 0.1) is 18.3 Å². The van der Waals surface area contributed by atoms with Crippen molar-refractivity contribution >= 4 is 16.5 Å². The highest BCUT2D eigenvalue weighted by Crippen LogP contribution is 2.15. The molecule has 2 aromatic rings. The Morgan fingerprint density at radius 2 is 2.38 bits per heavy atom. The van der Waals surface area contributed by atoms with Gasteiger partial charge in [0.2, 0.25) is 0 Å². The predicted molar refractivity (Wildman–Crippen MR) is 65.3 cm³/mol. The molecular formula is C12H11N3S. The molecule has 0 radical (unpaired) electrons. The third kappa shape index (κ3) is 2.59. The van der Waals surface area contributed by atoms with Crippen molar-refractivity contribution in [3.8, 4) is 6.07 Å². The van der Waals surface area contributed by atoms with E-state index in [0.29, 0.717) is 12.1 Å². The van der Waals surface area contributed by atoms with Gasteiger partial charge in [0.15, 0.2) is 5.13 Å². The third-order valence-electron chi connectivity index (χ3n) is 2.12. The van der Waals surface area contributed by atoms with E-state index in [1.807, 2.05) is 30.5 Å². The van der Waals surface area contributed by atoms with Crippen molar-refractivity contribution in [3.05, 3.63) is 46.5 Å². The van der Waals surface area contributed by atoms with E-state index in [0.717, 1.165) is 16.4 Å². The summed E-state index contributed by atoms with van der Waals surface area (Å²) in [6, 6.07) is 9.70. The molecule has 0 aliphatic carbocycles. The molecule has 0 fully saturated rings. The van der Waals surface area contributed by atoms with Crippen LogP contribution in [-0.4, -0.2) is 4.98 Å². The molecule has 3 nitrogen and oxygen atoms in total. The maximum Gasteiger partial charge on any atom is 0.183 e. The van der Waals surface area contributed by atoms with Gasteiger partial charge in [0.05, 0.1) is 17.3 Å². The van der Waals surface area contributed by atoms with E-state index in [4.69, 9.17) is 5.26 Å². The molecule has 0 atom stereocenters. The molecule has 16 heavy (non-hydrogen) atoms. The zero-order chi connectivity index (χ0) is 11.4. The number of nitrogens with zero attached hydrogens (tertiary/aromatic N) is 2. The van der Waals surface area contributed by atoms with Crippen LogP contribution in [-0.2, 0) is 6.54 Å². The fraction of sp³-hybridized carbons (Fsp3) is 0.167. The Morgan fingerprint density at radius 1 is 1.50 bits per heavy atom. The van der Waals surface area contributed by atoms with Crippen molar-refractivity contribution in [2.75, 3.05) is 5.32 Å². The van der Waals surface area contributed by atoms with Gasteiger partial charge in [0.25, 0.3) is 0 Å². The van der Waals surface area contributed by atoms with E-state index < -0.39 is 0 Å². The first-order valence-electron chi connectivity index (χ1n) is 4.93. The highest BCUT2D eigenvalue weighted by Gasteiger charge is 1.99. The monoisotopic (exact) mass is 229 g/mol. The van der Waals surface area contributed by atoms with Gasteiger partial charge in [-0.25, -0.2) is 4.98 Å². The van der Waals surface area contributed by atoms with E-state index in [-0.39, 0.29) is 0 Å². The van der Waals surface area contributed by atoms with Gasteiger partial charge in [-0.05, 0) is 24.6 Å². The SMILES string of the molecule is Cc1csc(NCc2cccc(C#N)c2)n1. The minimum absolute atomic E-state index is 0.689. The van der Waals surface area contributed by atoms with Gasteiger partial charge in [0.1, 0.15) is 0 Å². The van der Waals surface area contributed by atoms with Crippen LogP contribution in [0.15, 0.2) is 29.6 Å². The van der Waals surface area contributed by atoms with Gasteiger partial charge in [-0.15, -0.1) is 11.3 Å². The molecule has 0 amide bonds. The van der Waals surface area contributed by atoms with E-state index in [9.17, 15) is 0 Å². The number of benzene rings is 1. The number of nitrogens with one attached hydrogen (secondary N) is 1. The molecule has 1 aromatic carbocycles. The molecule has 80 valence electrons. The van der Waals surface area contributed by atoms with Crippen LogP contribution in [0.4, 0.5) is 5.13 Å². The largest absolute Gasteiger partial charge is 0.357 e. The number of anilines is 1. The summed E-state index contributed by atoms with van der Waals surface area (Å²) in [7, 11) is 0. The molecule has 4 heteroatoms. The van der Waals surface area contributed by atoms with Gasteiger partial charge < -0.3 is 5.32 Å². The molecule has 0 aliphatic rings. The van der Waals surface area contributed by atoms with Crippen LogP contribution < -0.4 is 5.32 Å². The summed E-state index contributed by atoms with van der Waals surface area (Å²) < 4.78 is 0. The summed E-state index contributed by atoms with van der Waals surface area (Å²) in [5.74, 6) is 0. The first kappa shape index (κ1) is 10.7. The average molecular weight is 229 g/mol. The van der Waals surface area contributed by atoms with Gasteiger partial charge in [-0.2, -0.15) is 5.26 Å². The summed E-state index contributed by atoms with van der Waals surface area (Å²) >= 11 is 1.59. The second kappa shape index (κ2) is 4.77. The number of rotatable bonds is 3. The van der Waals surface area contributed by atoms with Gasteiger partial charge in [0, 0.05) is 11.9 Å². The van der Waals surface area contributed by atoms with E-state index in [1.54, 1.807) is 17.4 Å². The van der Waals surface area contributed by atoms with Gasteiger partial charge in [-0.1, -0.05) is 12.1 Å². The lowest BCUT2D eigenvalue weighted by Gasteiger charge is -2.02. The highest BCUT2D eigenvalue weighted by atomic mass is 32.1. The summed E-state index contributed by atoms with van der Waals surface area (Å²) in [6.45, 7) is 2.67. The average Bonchev–Trinajstić information content (AvgIpc) is 2.73. The second-order valence-electron chi connectivity index (χ2n) is 3.46. The summed E-state index contributed by atoms with van der Waals surface area (Å²) in [4.78, 5) is 4.31. The number of hydrogen-bond acceptors (Lipinski definition) is 4. The Balaban J connectivity index is 2.02. The van der Waals surface area contributed by atoms with Crippen molar-refractivity contribution in [1.29, 1.82) is 5.26 Å². The van der Waals surface area contributed by atoms with Gasteiger partial charge >= 0.3 is 0 Å². The van der Waals surface area contributed by atoms with Crippen molar-refractivity contribution < 1.29 is 0 Å². The number of hydrogen-bond donors (Lipinski definition) is 1. The van der Waals surface area contributed by atoms with Crippen LogP contribution in [0.1, 0.15) is 16.8 Å². The van der Waals surface area contributed by atoms with Crippen molar-refractivity contribution in [1.82, 2.24) is 4.98 Å². The van der Waals surface area contributed by atoms with Crippen molar-refractivity contribution in [3.63, 3.8) is 0 Å². The topological polar surface area (TPSA) is 48.7 Å².